The van der Waals surface area contributed by atoms with Crippen LogP contribution in [0.4, 0.5) is 8.78 Å². The Morgan fingerprint density at radius 2 is 1.71 bits per heavy atom. The second-order valence-electron chi connectivity index (χ2n) is 5.76. The molecule has 2 aromatic rings. The predicted octanol–water partition coefficient (Wildman–Crippen LogP) is 3.14. The second-order valence-corrected chi connectivity index (χ2v) is 6.71. The number of alkyl halides is 2. The summed E-state index contributed by atoms with van der Waals surface area (Å²) in [5.41, 5.74) is 0.423. The molecule has 0 unspecified atom stereocenters. The van der Waals surface area contributed by atoms with Crippen LogP contribution in [0.3, 0.4) is 0 Å². The molecule has 28 heavy (non-hydrogen) atoms. The largest absolute Gasteiger partial charge is 0.434 e. The first-order valence-electron chi connectivity index (χ1n) is 8.58. The third kappa shape index (κ3) is 7.43. The van der Waals surface area contributed by atoms with Crippen molar-refractivity contribution in [3.05, 3.63) is 52.2 Å². The van der Waals surface area contributed by atoms with E-state index in [4.69, 9.17) is 0 Å². The van der Waals surface area contributed by atoms with Crippen LogP contribution in [0.25, 0.3) is 0 Å². The van der Waals surface area contributed by atoms with E-state index in [1.807, 2.05) is 0 Å². The number of ketones is 1. The highest BCUT2D eigenvalue weighted by molar-refractivity contribution is 7.12. The summed E-state index contributed by atoms with van der Waals surface area (Å²) in [6.07, 6.45) is 0.193. The minimum Gasteiger partial charge on any atom is -0.434 e. The summed E-state index contributed by atoms with van der Waals surface area (Å²) in [5, 5.41) is 6.96. The number of rotatable bonds is 11. The summed E-state index contributed by atoms with van der Waals surface area (Å²) in [6, 6.07) is 9.66. The molecule has 0 radical (unpaired) electrons. The molecule has 1 aromatic heterocycles. The fourth-order valence-electron chi connectivity index (χ4n) is 2.33. The van der Waals surface area contributed by atoms with Gasteiger partial charge in [-0.25, -0.2) is 0 Å². The SMILES string of the molecule is O=C(CCC(=O)c1cccs1)NCCC(=O)NCc1ccccc1OC(F)F. The molecule has 2 amide bonds. The number of ether oxygens (including phenoxy) is 1. The molecule has 0 spiro atoms. The Hall–Kier alpha value is -2.81. The first-order valence-corrected chi connectivity index (χ1v) is 9.46. The molecule has 0 atom stereocenters. The zero-order valence-electron chi connectivity index (χ0n) is 15.0. The van der Waals surface area contributed by atoms with Gasteiger partial charge in [-0.15, -0.1) is 11.3 Å². The minimum atomic E-state index is -2.95. The number of halogens is 2. The van der Waals surface area contributed by atoms with Gasteiger partial charge in [-0.3, -0.25) is 14.4 Å². The Labute approximate surface area is 164 Å². The quantitative estimate of drug-likeness (QED) is 0.558. The van der Waals surface area contributed by atoms with Crippen LogP contribution >= 0.6 is 11.3 Å². The van der Waals surface area contributed by atoms with Crippen LogP contribution in [0.2, 0.25) is 0 Å². The van der Waals surface area contributed by atoms with Crippen molar-refractivity contribution in [1.29, 1.82) is 0 Å². The number of nitrogens with one attached hydrogen (secondary N) is 2. The summed E-state index contributed by atoms with van der Waals surface area (Å²) >= 11 is 1.33. The van der Waals surface area contributed by atoms with Crippen LogP contribution < -0.4 is 15.4 Å². The molecule has 1 heterocycles. The first-order chi connectivity index (χ1) is 13.5. The smallest absolute Gasteiger partial charge is 0.387 e. The Balaban J connectivity index is 1.65. The molecule has 2 rings (SSSR count). The molecule has 150 valence electrons. The van der Waals surface area contributed by atoms with E-state index in [2.05, 4.69) is 15.4 Å². The van der Waals surface area contributed by atoms with E-state index in [9.17, 15) is 23.2 Å². The van der Waals surface area contributed by atoms with Gasteiger partial charge in [0, 0.05) is 37.9 Å². The van der Waals surface area contributed by atoms with E-state index in [1.165, 1.54) is 17.4 Å². The predicted molar refractivity (Wildman–Crippen MR) is 100 cm³/mol. The van der Waals surface area contributed by atoms with Gasteiger partial charge in [-0.05, 0) is 17.5 Å². The third-order valence-electron chi connectivity index (χ3n) is 3.71. The molecule has 0 bridgehead atoms. The molecule has 9 heteroatoms. The monoisotopic (exact) mass is 410 g/mol. The van der Waals surface area contributed by atoms with Crippen molar-refractivity contribution < 1.29 is 27.9 Å². The van der Waals surface area contributed by atoms with Crippen molar-refractivity contribution in [1.82, 2.24) is 10.6 Å². The highest BCUT2D eigenvalue weighted by Gasteiger charge is 2.12. The van der Waals surface area contributed by atoms with E-state index in [0.717, 1.165) is 0 Å². The maximum absolute atomic E-state index is 12.4. The van der Waals surface area contributed by atoms with Gasteiger partial charge in [0.15, 0.2) is 5.78 Å². The Morgan fingerprint density at radius 3 is 2.43 bits per heavy atom. The summed E-state index contributed by atoms with van der Waals surface area (Å²) < 4.78 is 29.1. The third-order valence-corrected chi connectivity index (χ3v) is 4.62. The Kier molecular flexibility index (Phi) is 8.54. The average molecular weight is 410 g/mol. The second kappa shape index (κ2) is 11.1. The van der Waals surface area contributed by atoms with Crippen LogP contribution in [0.15, 0.2) is 41.8 Å². The molecular weight excluding hydrogens is 390 g/mol. The zero-order chi connectivity index (χ0) is 20.4. The van der Waals surface area contributed by atoms with Crippen LogP contribution in [-0.2, 0) is 16.1 Å². The van der Waals surface area contributed by atoms with Gasteiger partial charge < -0.3 is 15.4 Å². The van der Waals surface area contributed by atoms with Crippen molar-refractivity contribution in [2.75, 3.05) is 6.54 Å². The standard InChI is InChI=1S/C19H20F2N2O4S/c20-19(21)27-15-5-2-1-4-13(15)12-23-18(26)9-10-22-17(25)8-7-14(24)16-6-3-11-28-16/h1-6,11,19H,7-10,12H2,(H,22,25)(H,23,26). The zero-order valence-corrected chi connectivity index (χ0v) is 15.8. The van der Waals surface area contributed by atoms with Crippen molar-refractivity contribution in [2.45, 2.75) is 32.4 Å². The number of carbonyl (C=O) groups excluding carboxylic acids is 3. The number of benzene rings is 1. The fourth-order valence-corrected chi connectivity index (χ4v) is 3.03. The summed E-state index contributed by atoms with van der Waals surface area (Å²) in [4.78, 5) is 36.0. The maximum atomic E-state index is 12.4. The van der Waals surface area contributed by atoms with Gasteiger partial charge in [0.1, 0.15) is 5.75 Å². The summed E-state index contributed by atoms with van der Waals surface area (Å²) in [7, 11) is 0. The highest BCUT2D eigenvalue weighted by Crippen LogP contribution is 2.19. The van der Waals surface area contributed by atoms with Gasteiger partial charge >= 0.3 is 6.61 Å². The van der Waals surface area contributed by atoms with Gasteiger partial charge in [0.05, 0.1) is 4.88 Å². The molecule has 2 N–H and O–H groups in total. The molecule has 0 fully saturated rings. The van der Waals surface area contributed by atoms with Crippen molar-refractivity contribution in [3.8, 4) is 5.75 Å². The highest BCUT2D eigenvalue weighted by atomic mass is 32.1. The maximum Gasteiger partial charge on any atom is 0.387 e. The molecule has 0 aliphatic rings. The van der Waals surface area contributed by atoms with Gasteiger partial charge in [0.25, 0.3) is 0 Å². The molecule has 0 saturated carbocycles. The number of carbonyl (C=O) groups is 3. The molecule has 0 saturated heterocycles. The number of hydrogen-bond acceptors (Lipinski definition) is 5. The van der Waals surface area contributed by atoms with Gasteiger partial charge in [0.2, 0.25) is 11.8 Å². The number of hydrogen-bond donors (Lipinski definition) is 2. The molecule has 0 aliphatic carbocycles. The van der Waals surface area contributed by atoms with E-state index in [1.54, 1.807) is 35.7 Å². The number of thiophene rings is 1. The summed E-state index contributed by atoms with van der Waals surface area (Å²) in [5.74, 6) is -0.746. The van der Waals surface area contributed by atoms with E-state index < -0.39 is 6.61 Å². The lowest BCUT2D eigenvalue weighted by atomic mass is 10.2. The molecule has 0 aliphatic heterocycles. The van der Waals surface area contributed by atoms with Crippen LogP contribution in [0, 0.1) is 0 Å². The molecule has 6 nitrogen and oxygen atoms in total. The normalized spacial score (nSPS) is 10.5. The number of para-hydroxylation sites is 1. The summed E-state index contributed by atoms with van der Waals surface area (Å²) in [6.45, 7) is -2.79. The van der Waals surface area contributed by atoms with E-state index >= 15 is 0 Å². The number of amides is 2. The van der Waals surface area contributed by atoms with E-state index in [0.29, 0.717) is 10.4 Å². The van der Waals surface area contributed by atoms with Crippen molar-refractivity contribution >= 4 is 28.9 Å². The topological polar surface area (TPSA) is 84.5 Å². The van der Waals surface area contributed by atoms with Crippen LogP contribution in [0.1, 0.15) is 34.5 Å². The lowest BCUT2D eigenvalue weighted by Gasteiger charge is -2.11. The van der Waals surface area contributed by atoms with Crippen molar-refractivity contribution in [2.24, 2.45) is 0 Å². The molecule has 1 aromatic carbocycles. The van der Waals surface area contributed by atoms with Gasteiger partial charge in [-0.1, -0.05) is 24.3 Å². The lowest BCUT2D eigenvalue weighted by Crippen LogP contribution is -2.30. The van der Waals surface area contributed by atoms with Crippen LogP contribution in [-0.4, -0.2) is 30.8 Å². The van der Waals surface area contributed by atoms with Gasteiger partial charge in [-0.2, -0.15) is 8.78 Å². The lowest BCUT2D eigenvalue weighted by molar-refractivity contribution is -0.122. The molecular formula is C19H20F2N2O4S. The number of Topliss-reactive ketones (excluding diaryl/α,β-unsaturated/α-hetero) is 1. The average Bonchev–Trinajstić information content (AvgIpc) is 3.20. The minimum absolute atomic E-state index is 0.00140. The Bertz CT molecular complexity index is 797. The first kappa shape index (κ1) is 21.5. The van der Waals surface area contributed by atoms with E-state index in [-0.39, 0.29) is 55.7 Å². The Morgan fingerprint density at radius 1 is 0.964 bits per heavy atom. The van der Waals surface area contributed by atoms with Crippen molar-refractivity contribution in [3.63, 3.8) is 0 Å². The fraction of sp³-hybridized carbons (Fsp3) is 0.316. The van der Waals surface area contributed by atoms with Crippen LogP contribution in [0.5, 0.6) is 5.75 Å².